The molecule has 4 heteroatoms. The molecule has 19 heavy (non-hydrogen) atoms. The molecule has 0 amide bonds. The Bertz CT molecular complexity index is 210. The van der Waals surface area contributed by atoms with Gasteiger partial charge in [0.2, 0.25) is 0 Å². The lowest BCUT2D eigenvalue weighted by atomic mass is 10.2. The summed E-state index contributed by atoms with van der Waals surface area (Å²) < 4.78 is 5.47. The van der Waals surface area contributed by atoms with E-state index in [1.807, 2.05) is 0 Å². The molecule has 1 aliphatic carbocycles. The molecule has 0 aromatic carbocycles. The first kappa shape index (κ1) is 16.9. The van der Waals surface area contributed by atoms with Crippen molar-refractivity contribution < 1.29 is 9.84 Å². The summed E-state index contributed by atoms with van der Waals surface area (Å²) in [6.45, 7) is 6.08. The van der Waals surface area contributed by atoms with Crippen LogP contribution in [0.1, 0.15) is 45.4 Å². The van der Waals surface area contributed by atoms with E-state index in [9.17, 15) is 5.11 Å². The third kappa shape index (κ3) is 9.38. The van der Waals surface area contributed by atoms with Crippen LogP contribution in [-0.4, -0.2) is 62.0 Å². The van der Waals surface area contributed by atoms with E-state index in [1.165, 1.54) is 32.1 Å². The van der Waals surface area contributed by atoms with Crippen LogP contribution < -0.4 is 5.32 Å². The standard InChI is InChI=1S/C15H32N2O2/c1-3-4-5-6-11-19-13-15(18)12-16-9-10-17(2)14-7-8-14/h14-16,18H,3-13H2,1-2H3. The first-order chi connectivity index (χ1) is 9.24. The van der Waals surface area contributed by atoms with Crippen LogP contribution in [0, 0.1) is 0 Å². The number of unbranched alkanes of at least 4 members (excludes halogenated alkanes) is 3. The second-order valence-electron chi connectivity index (χ2n) is 5.71. The molecule has 0 heterocycles. The molecule has 114 valence electrons. The molecule has 1 aliphatic rings. The van der Waals surface area contributed by atoms with Gasteiger partial charge in [0, 0.05) is 32.3 Å². The quantitative estimate of drug-likeness (QED) is 0.500. The van der Waals surface area contributed by atoms with Crippen LogP contribution in [0.25, 0.3) is 0 Å². The molecule has 2 N–H and O–H groups in total. The van der Waals surface area contributed by atoms with Crippen LogP contribution in [0.3, 0.4) is 0 Å². The minimum Gasteiger partial charge on any atom is -0.389 e. The maximum Gasteiger partial charge on any atom is 0.0897 e. The highest BCUT2D eigenvalue weighted by Crippen LogP contribution is 2.24. The minimum absolute atomic E-state index is 0.377. The summed E-state index contributed by atoms with van der Waals surface area (Å²) in [7, 11) is 2.18. The molecule has 0 bridgehead atoms. The van der Waals surface area contributed by atoms with Crippen LogP contribution in [-0.2, 0) is 4.74 Å². The Kier molecular flexibility index (Phi) is 9.43. The summed E-state index contributed by atoms with van der Waals surface area (Å²) in [6, 6.07) is 0.818. The van der Waals surface area contributed by atoms with E-state index >= 15 is 0 Å². The highest BCUT2D eigenvalue weighted by molar-refractivity contribution is 4.82. The van der Waals surface area contributed by atoms with Gasteiger partial charge in [-0.3, -0.25) is 0 Å². The molecule has 1 fully saturated rings. The van der Waals surface area contributed by atoms with E-state index in [-0.39, 0.29) is 6.10 Å². The predicted octanol–water partition coefficient (Wildman–Crippen LogP) is 1.63. The SMILES string of the molecule is CCCCCCOCC(O)CNCCN(C)C1CC1. The van der Waals surface area contributed by atoms with Crippen molar-refractivity contribution in [2.45, 2.75) is 57.6 Å². The van der Waals surface area contributed by atoms with Gasteiger partial charge >= 0.3 is 0 Å². The van der Waals surface area contributed by atoms with Crippen LogP contribution in [0.5, 0.6) is 0 Å². The summed E-state index contributed by atoms with van der Waals surface area (Å²) in [5.74, 6) is 0. The van der Waals surface area contributed by atoms with Crippen molar-refractivity contribution >= 4 is 0 Å². The van der Waals surface area contributed by atoms with Crippen LogP contribution in [0.15, 0.2) is 0 Å². The van der Waals surface area contributed by atoms with Gasteiger partial charge in [0.15, 0.2) is 0 Å². The number of aliphatic hydroxyl groups excluding tert-OH is 1. The molecular formula is C15H32N2O2. The molecule has 1 unspecified atom stereocenters. The summed E-state index contributed by atoms with van der Waals surface area (Å²) in [6.07, 6.45) is 7.20. The summed E-state index contributed by atoms with van der Waals surface area (Å²) in [5, 5.41) is 13.0. The van der Waals surface area contributed by atoms with Gasteiger partial charge in [-0.2, -0.15) is 0 Å². The Morgan fingerprint density at radius 3 is 2.79 bits per heavy atom. The maximum absolute atomic E-state index is 9.74. The third-order valence-electron chi connectivity index (χ3n) is 3.64. The zero-order valence-electron chi connectivity index (χ0n) is 12.7. The van der Waals surface area contributed by atoms with E-state index in [4.69, 9.17) is 4.74 Å². The van der Waals surface area contributed by atoms with Crippen molar-refractivity contribution in [3.05, 3.63) is 0 Å². The summed E-state index contributed by atoms with van der Waals surface area (Å²) >= 11 is 0. The number of rotatable bonds is 13. The molecule has 0 aromatic rings. The Balaban J connectivity index is 1.80. The minimum atomic E-state index is -0.377. The maximum atomic E-state index is 9.74. The lowest BCUT2D eigenvalue weighted by molar-refractivity contribution is 0.0353. The fourth-order valence-corrected chi connectivity index (χ4v) is 2.13. The van der Waals surface area contributed by atoms with Gasteiger partial charge in [-0.05, 0) is 26.3 Å². The first-order valence-electron chi connectivity index (χ1n) is 7.90. The van der Waals surface area contributed by atoms with Gasteiger partial charge in [0.05, 0.1) is 12.7 Å². The molecule has 0 saturated heterocycles. The lowest BCUT2D eigenvalue weighted by Gasteiger charge is -2.17. The lowest BCUT2D eigenvalue weighted by Crippen LogP contribution is -2.36. The Labute approximate surface area is 118 Å². The second-order valence-corrected chi connectivity index (χ2v) is 5.71. The molecule has 4 nitrogen and oxygen atoms in total. The van der Waals surface area contributed by atoms with Crippen molar-refractivity contribution in [1.82, 2.24) is 10.2 Å². The van der Waals surface area contributed by atoms with Gasteiger partial charge in [0.25, 0.3) is 0 Å². The van der Waals surface area contributed by atoms with Gasteiger partial charge < -0.3 is 20.1 Å². The van der Waals surface area contributed by atoms with Gasteiger partial charge in [-0.1, -0.05) is 26.2 Å². The molecule has 0 spiro atoms. The molecular weight excluding hydrogens is 240 g/mol. The van der Waals surface area contributed by atoms with Gasteiger partial charge in [0.1, 0.15) is 0 Å². The average molecular weight is 272 g/mol. The molecule has 0 radical (unpaired) electrons. The Hall–Kier alpha value is -0.160. The van der Waals surface area contributed by atoms with Crippen molar-refractivity contribution in [3.8, 4) is 0 Å². The summed E-state index contributed by atoms with van der Waals surface area (Å²) in [5.41, 5.74) is 0. The van der Waals surface area contributed by atoms with E-state index in [2.05, 4.69) is 24.2 Å². The van der Waals surface area contributed by atoms with Crippen LogP contribution >= 0.6 is 0 Å². The topological polar surface area (TPSA) is 44.7 Å². The fourth-order valence-electron chi connectivity index (χ4n) is 2.13. The van der Waals surface area contributed by atoms with Crippen molar-refractivity contribution in [3.63, 3.8) is 0 Å². The average Bonchev–Trinajstić information content (AvgIpc) is 3.23. The Morgan fingerprint density at radius 1 is 1.32 bits per heavy atom. The van der Waals surface area contributed by atoms with Gasteiger partial charge in [-0.25, -0.2) is 0 Å². The molecule has 1 rings (SSSR count). The van der Waals surface area contributed by atoms with E-state index in [0.717, 1.165) is 32.2 Å². The molecule has 0 aliphatic heterocycles. The number of likely N-dealkylation sites (N-methyl/N-ethyl adjacent to an activating group) is 1. The largest absolute Gasteiger partial charge is 0.389 e. The fraction of sp³-hybridized carbons (Fsp3) is 1.00. The Morgan fingerprint density at radius 2 is 2.11 bits per heavy atom. The highest BCUT2D eigenvalue weighted by Gasteiger charge is 2.25. The predicted molar refractivity (Wildman–Crippen MR) is 79.5 cm³/mol. The zero-order valence-corrected chi connectivity index (χ0v) is 12.7. The second kappa shape index (κ2) is 10.6. The smallest absolute Gasteiger partial charge is 0.0897 e. The third-order valence-corrected chi connectivity index (χ3v) is 3.64. The van der Waals surface area contributed by atoms with Crippen LogP contribution in [0.4, 0.5) is 0 Å². The number of nitrogens with zero attached hydrogens (tertiary/aromatic N) is 1. The van der Waals surface area contributed by atoms with Crippen molar-refractivity contribution in [2.24, 2.45) is 0 Å². The number of aliphatic hydroxyl groups is 1. The highest BCUT2D eigenvalue weighted by atomic mass is 16.5. The zero-order chi connectivity index (χ0) is 13.9. The first-order valence-corrected chi connectivity index (χ1v) is 7.90. The molecule has 1 saturated carbocycles. The molecule has 1 atom stereocenters. The molecule has 0 aromatic heterocycles. The van der Waals surface area contributed by atoms with E-state index in [0.29, 0.717) is 13.2 Å². The van der Waals surface area contributed by atoms with Crippen molar-refractivity contribution in [2.75, 3.05) is 39.9 Å². The van der Waals surface area contributed by atoms with E-state index < -0.39 is 0 Å². The van der Waals surface area contributed by atoms with Crippen molar-refractivity contribution in [1.29, 1.82) is 0 Å². The van der Waals surface area contributed by atoms with Gasteiger partial charge in [-0.15, -0.1) is 0 Å². The van der Waals surface area contributed by atoms with E-state index in [1.54, 1.807) is 0 Å². The number of hydrogen-bond donors (Lipinski definition) is 2. The monoisotopic (exact) mass is 272 g/mol. The summed E-state index contributed by atoms with van der Waals surface area (Å²) in [4.78, 5) is 2.39. The number of ether oxygens (including phenoxy) is 1. The number of hydrogen-bond acceptors (Lipinski definition) is 4. The number of nitrogens with one attached hydrogen (secondary N) is 1. The normalized spacial score (nSPS) is 17.1. The van der Waals surface area contributed by atoms with Crippen LogP contribution in [0.2, 0.25) is 0 Å².